The normalized spacial score (nSPS) is 28.7. The zero-order valence-electron chi connectivity index (χ0n) is 7.54. The molecule has 1 N–H and O–H groups in total. The van der Waals surface area contributed by atoms with Gasteiger partial charge in [0.25, 0.3) is 0 Å². The maximum atomic E-state index is 10.3. The molecule has 4 heteroatoms. The molecule has 0 radical (unpaired) electrons. The number of aliphatic carboxylic acids is 1. The van der Waals surface area contributed by atoms with E-state index in [4.69, 9.17) is 16.7 Å². The summed E-state index contributed by atoms with van der Waals surface area (Å²) >= 11 is 7.75. The Bertz CT molecular complexity index is 167. The summed E-state index contributed by atoms with van der Waals surface area (Å²) in [6.07, 6.45) is 4.76. The van der Waals surface area contributed by atoms with Crippen LogP contribution in [0.25, 0.3) is 0 Å². The average molecular weight is 223 g/mol. The monoisotopic (exact) mass is 222 g/mol. The molecule has 1 fully saturated rings. The van der Waals surface area contributed by atoms with Crippen LogP contribution in [-0.4, -0.2) is 27.5 Å². The van der Waals surface area contributed by atoms with Crippen LogP contribution in [0.15, 0.2) is 0 Å². The highest BCUT2D eigenvalue weighted by atomic mass is 35.5. The first-order chi connectivity index (χ1) is 6.18. The van der Waals surface area contributed by atoms with Gasteiger partial charge in [-0.25, -0.2) is 0 Å². The molecule has 0 aromatic rings. The number of carbonyl (C=O) groups is 1. The second-order valence-electron chi connectivity index (χ2n) is 3.39. The van der Waals surface area contributed by atoms with Crippen LogP contribution in [0.1, 0.15) is 32.1 Å². The zero-order chi connectivity index (χ0) is 9.68. The molecule has 0 heterocycles. The van der Waals surface area contributed by atoms with E-state index in [-0.39, 0.29) is 6.42 Å². The van der Waals surface area contributed by atoms with Gasteiger partial charge in [0, 0.05) is 16.4 Å². The van der Waals surface area contributed by atoms with Gasteiger partial charge in [0.05, 0.1) is 6.42 Å². The summed E-state index contributed by atoms with van der Waals surface area (Å²) < 4.78 is 0. The largest absolute Gasteiger partial charge is 0.481 e. The number of rotatable bonds is 4. The minimum atomic E-state index is -0.696. The van der Waals surface area contributed by atoms with E-state index in [1.165, 1.54) is 0 Å². The molecule has 1 aliphatic carbocycles. The molecule has 0 unspecified atom stereocenters. The Labute approximate surface area is 88.0 Å². The number of hydrogen-bond acceptors (Lipinski definition) is 2. The van der Waals surface area contributed by atoms with E-state index in [9.17, 15) is 4.79 Å². The van der Waals surface area contributed by atoms with Gasteiger partial charge in [-0.05, 0) is 25.7 Å². The van der Waals surface area contributed by atoms with Crippen LogP contribution >= 0.6 is 23.4 Å². The SMILES string of the molecule is O=C(O)CCSC1CCC(Cl)CC1. The fraction of sp³-hybridized carbons (Fsp3) is 0.889. The summed E-state index contributed by atoms with van der Waals surface area (Å²) in [6.45, 7) is 0. The van der Waals surface area contributed by atoms with Crippen LogP contribution in [0.5, 0.6) is 0 Å². The fourth-order valence-electron chi connectivity index (χ4n) is 1.50. The molecule has 1 saturated carbocycles. The standard InChI is InChI=1S/C9H15ClO2S/c10-7-1-3-8(4-2-7)13-6-5-9(11)12/h7-8H,1-6H2,(H,11,12). The third-order valence-electron chi connectivity index (χ3n) is 2.27. The minimum Gasteiger partial charge on any atom is -0.481 e. The van der Waals surface area contributed by atoms with E-state index >= 15 is 0 Å². The zero-order valence-corrected chi connectivity index (χ0v) is 9.11. The molecule has 0 amide bonds. The molecule has 0 atom stereocenters. The first-order valence-corrected chi connectivity index (χ1v) is 6.14. The van der Waals surface area contributed by atoms with Crippen LogP contribution in [0.2, 0.25) is 0 Å². The Kier molecular flexibility index (Phi) is 4.96. The van der Waals surface area contributed by atoms with Crippen LogP contribution in [0.4, 0.5) is 0 Å². The van der Waals surface area contributed by atoms with Crippen molar-refractivity contribution in [2.45, 2.75) is 42.7 Å². The van der Waals surface area contributed by atoms with Crippen LogP contribution < -0.4 is 0 Å². The number of hydrogen-bond donors (Lipinski definition) is 1. The number of carboxylic acid groups (broad SMARTS) is 1. The highest BCUT2D eigenvalue weighted by Gasteiger charge is 2.19. The van der Waals surface area contributed by atoms with Gasteiger partial charge in [-0.3, -0.25) is 4.79 Å². The van der Waals surface area contributed by atoms with Gasteiger partial charge in [-0.1, -0.05) is 0 Å². The molecule has 0 aromatic heterocycles. The summed E-state index contributed by atoms with van der Waals surface area (Å²) in [6, 6.07) is 0. The molecule has 2 nitrogen and oxygen atoms in total. The van der Waals surface area contributed by atoms with Gasteiger partial charge in [-0.2, -0.15) is 11.8 Å². The lowest BCUT2D eigenvalue weighted by Crippen LogP contribution is -2.16. The molecule has 0 saturated heterocycles. The number of carboxylic acids is 1. The van der Waals surface area contributed by atoms with Crippen molar-refractivity contribution in [1.82, 2.24) is 0 Å². The van der Waals surface area contributed by atoms with Crippen molar-refractivity contribution in [3.63, 3.8) is 0 Å². The third-order valence-corrected chi connectivity index (χ3v) is 4.09. The summed E-state index contributed by atoms with van der Waals surface area (Å²) in [5.74, 6) is 0.0472. The van der Waals surface area contributed by atoms with Crippen LogP contribution in [-0.2, 0) is 4.79 Å². The van der Waals surface area contributed by atoms with E-state index in [2.05, 4.69) is 0 Å². The first-order valence-electron chi connectivity index (χ1n) is 4.66. The number of thioether (sulfide) groups is 1. The number of halogens is 1. The lowest BCUT2D eigenvalue weighted by molar-refractivity contribution is -0.136. The predicted octanol–water partition coefficient (Wildman–Crippen LogP) is 2.74. The highest BCUT2D eigenvalue weighted by Crippen LogP contribution is 2.31. The molecule has 0 spiro atoms. The van der Waals surface area contributed by atoms with Crippen molar-refractivity contribution >= 4 is 29.3 Å². The van der Waals surface area contributed by atoms with E-state index in [1.807, 2.05) is 0 Å². The van der Waals surface area contributed by atoms with Gasteiger partial charge in [0.15, 0.2) is 0 Å². The van der Waals surface area contributed by atoms with Crippen LogP contribution in [0, 0.1) is 0 Å². The van der Waals surface area contributed by atoms with E-state index in [0.29, 0.717) is 10.6 Å². The van der Waals surface area contributed by atoms with Gasteiger partial charge in [-0.15, -0.1) is 11.6 Å². The molecule has 1 rings (SSSR count). The fourth-order valence-corrected chi connectivity index (χ4v) is 2.98. The summed E-state index contributed by atoms with van der Waals surface area (Å²) in [5, 5.41) is 9.46. The van der Waals surface area contributed by atoms with Crippen molar-refractivity contribution in [2.24, 2.45) is 0 Å². The third kappa shape index (κ3) is 4.77. The topological polar surface area (TPSA) is 37.3 Å². The molecule has 76 valence electrons. The van der Waals surface area contributed by atoms with E-state index < -0.39 is 5.97 Å². The highest BCUT2D eigenvalue weighted by molar-refractivity contribution is 7.99. The Hall–Kier alpha value is 0.110. The Morgan fingerprint density at radius 2 is 2.00 bits per heavy atom. The quantitative estimate of drug-likeness (QED) is 0.744. The molecular formula is C9H15ClO2S. The van der Waals surface area contributed by atoms with Crippen LogP contribution in [0.3, 0.4) is 0 Å². The summed E-state index contributed by atoms with van der Waals surface area (Å²) in [7, 11) is 0. The van der Waals surface area contributed by atoms with Crippen molar-refractivity contribution in [1.29, 1.82) is 0 Å². The van der Waals surface area contributed by atoms with Gasteiger partial charge in [0.2, 0.25) is 0 Å². The van der Waals surface area contributed by atoms with Gasteiger partial charge < -0.3 is 5.11 Å². The smallest absolute Gasteiger partial charge is 0.304 e. The Balaban J connectivity index is 2.05. The molecule has 0 aliphatic heterocycles. The molecular weight excluding hydrogens is 208 g/mol. The minimum absolute atomic E-state index is 0.283. The van der Waals surface area contributed by atoms with E-state index in [0.717, 1.165) is 31.4 Å². The Morgan fingerprint density at radius 1 is 1.38 bits per heavy atom. The maximum Gasteiger partial charge on any atom is 0.304 e. The number of alkyl halides is 1. The van der Waals surface area contributed by atoms with E-state index in [1.54, 1.807) is 11.8 Å². The lowest BCUT2D eigenvalue weighted by Gasteiger charge is -2.24. The second kappa shape index (κ2) is 5.76. The average Bonchev–Trinajstić information content (AvgIpc) is 2.08. The second-order valence-corrected chi connectivity index (χ2v) is 5.41. The van der Waals surface area contributed by atoms with Crippen molar-refractivity contribution in [2.75, 3.05) is 5.75 Å². The van der Waals surface area contributed by atoms with Gasteiger partial charge in [0.1, 0.15) is 0 Å². The lowest BCUT2D eigenvalue weighted by atomic mass is 10.00. The molecule has 13 heavy (non-hydrogen) atoms. The molecule has 1 aliphatic rings. The molecule has 0 aromatic carbocycles. The molecule has 0 bridgehead atoms. The van der Waals surface area contributed by atoms with Crippen molar-refractivity contribution < 1.29 is 9.90 Å². The van der Waals surface area contributed by atoms with Crippen molar-refractivity contribution in [3.8, 4) is 0 Å². The maximum absolute atomic E-state index is 10.3. The van der Waals surface area contributed by atoms with Crippen molar-refractivity contribution in [3.05, 3.63) is 0 Å². The Morgan fingerprint density at radius 3 is 2.54 bits per heavy atom. The summed E-state index contributed by atoms with van der Waals surface area (Å²) in [5.41, 5.74) is 0. The summed E-state index contributed by atoms with van der Waals surface area (Å²) in [4.78, 5) is 10.3. The predicted molar refractivity (Wildman–Crippen MR) is 56.6 cm³/mol. The van der Waals surface area contributed by atoms with Gasteiger partial charge >= 0.3 is 5.97 Å². The first kappa shape index (κ1) is 11.2.